The highest BCUT2D eigenvalue weighted by Gasteiger charge is 2.08. The van der Waals surface area contributed by atoms with Crippen LogP contribution < -0.4 is 0 Å². The zero-order valence-corrected chi connectivity index (χ0v) is 11.6. The summed E-state index contributed by atoms with van der Waals surface area (Å²) in [6.45, 7) is 1.34. The molecule has 5 nitrogen and oxygen atoms in total. The van der Waals surface area contributed by atoms with Crippen LogP contribution in [-0.2, 0) is 23.7 Å². The van der Waals surface area contributed by atoms with E-state index in [9.17, 15) is 4.79 Å². The number of carbonyl (C=O) groups is 1. The summed E-state index contributed by atoms with van der Waals surface area (Å²) in [6.07, 6.45) is 0.493. The molecule has 0 aliphatic heterocycles. The quantitative estimate of drug-likeness (QED) is 0.410. The van der Waals surface area contributed by atoms with Crippen LogP contribution in [0.3, 0.4) is 0 Å². The van der Waals surface area contributed by atoms with Gasteiger partial charge in [-0.25, -0.2) is 0 Å². The van der Waals surface area contributed by atoms with Gasteiger partial charge in [0.05, 0.1) is 25.7 Å². The summed E-state index contributed by atoms with van der Waals surface area (Å²) in [6, 6.07) is 0. The van der Waals surface area contributed by atoms with Gasteiger partial charge in [-0.3, -0.25) is 4.79 Å². The molecule has 17 heavy (non-hydrogen) atoms. The number of hydrogen-bond donors (Lipinski definition) is 0. The fourth-order valence-electron chi connectivity index (χ4n) is 1.05. The summed E-state index contributed by atoms with van der Waals surface area (Å²) in [5, 5.41) is 0. The Morgan fingerprint density at radius 3 is 2.53 bits per heavy atom. The van der Waals surface area contributed by atoms with E-state index < -0.39 is 0 Å². The van der Waals surface area contributed by atoms with E-state index in [0.717, 1.165) is 11.5 Å². The number of methoxy groups -OCH3 is 3. The molecule has 0 fully saturated rings. The fourth-order valence-corrected chi connectivity index (χ4v) is 2.02. The lowest BCUT2D eigenvalue weighted by Crippen LogP contribution is -2.20. The van der Waals surface area contributed by atoms with E-state index in [1.165, 1.54) is 0 Å². The second-order valence-corrected chi connectivity index (χ2v) is 4.50. The summed E-state index contributed by atoms with van der Waals surface area (Å²) in [5.74, 6) is 1.36. The molecule has 0 aliphatic carbocycles. The minimum Gasteiger partial charge on any atom is -0.463 e. The molecule has 102 valence electrons. The van der Waals surface area contributed by atoms with E-state index in [4.69, 9.17) is 18.9 Å². The number of esters is 1. The number of hydrogen-bond acceptors (Lipinski definition) is 6. The van der Waals surface area contributed by atoms with Gasteiger partial charge >= 0.3 is 5.97 Å². The van der Waals surface area contributed by atoms with Crippen LogP contribution in [0.5, 0.6) is 0 Å². The van der Waals surface area contributed by atoms with Crippen LogP contribution in [0.4, 0.5) is 0 Å². The SMILES string of the molecule is COCCOC(=O)CCSCC(COC)OC. The van der Waals surface area contributed by atoms with Crippen molar-refractivity contribution in [2.75, 3.05) is 52.7 Å². The van der Waals surface area contributed by atoms with Crippen molar-refractivity contribution < 1.29 is 23.7 Å². The minimum absolute atomic E-state index is 0.0783. The Morgan fingerprint density at radius 1 is 1.18 bits per heavy atom. The van der Waals surface area contributed by atoms with Crippen molar-refractivity contribution >= 4 is 17.7 Å². The zero-order chi connectivity index (χ0) is 12.9. The maximum Gasteiger partial charge on any atom is 0.306 e. The fraction of sp³-hybridized carbons (Fsp3) is 0.909. The average Bonchev–Trinajstić information content (AvgIpc) is 2.33. The number of ether oxygens (including phenoxy) is 4. The highest BCUT2D eigenvalue weighted by molar-refractivity contribution is 7.99. The van der Waals surface area contributed by atoms with E-state index in [0.29, 0.717) is 26.2 Å². The van der Waals surface area contributed by atoms with Crippen LogP contribution in [0.15, 0.2) is 0 Å². The van der Waals surface area contributed by atoms with Crippen molar-refractivity contribution in [3.05, 3.63) is 0 Å². The van der Waals surface area contributed by atoms with E-state index in [2.05, 4.69) is 0 Å². The average molecular weight is 266 g/mol. The zero-order valence-electron chi connectivity index (χ0n) is 10.8. The maximum atomic E-state index is 11.2. The van der Waals surface area contributed by atoms with E-state index in [-0.39, 0.29) is 12.1 Å². The molecule has 0 N–H and O–H groups in total. The highest BCUT2D eigenvalue weighted by atomic mass is 32.2. The van der Waals surface area contributed by atoms with Gasteiger partial charge < -0.3 is 18.9 Å². The molecule has 0 amide bonds. The third kappa shape index (κ3) is 10.6. The minimum atomic E-state index is -0.185. The first-order valence-electron chi connectivity index (χ1n) is 5.48. The molecule has 0 spiro atoms. The number of carbonyl (C=O) groups excluding carboxylic acids is 1. The molecule has 0 radical (unpaired) electrons. The lowest BCUT2D eigenvalue weighted by Gasteiger charge is -2.13. The van der Waals surface area contributed by atoms with Gasteiger partial charge in [0.1, 0.15) is 6.61 Å². The first kappa shape index (κ1) is 16.7. The normalized spacial score (nSPS) is 12.4. The van der Waals surface area contributed by atoms with Crippen LogP contribution in [0.1, 0.15) is 6.42 Å². The molecule has 0 aliphatic rings. The van der Waals surface area contributed by atoms with Crippen molar-refractivity contribution in [3.63, 3.8) is 0 Å². The van der Waals surface area contributed by atoms with Crippen LogP contribution in [0.25, 0.3) is 0 Å². The van der Waals surface area contributed by atoms with E-state index in [1.54, 1.807) is 33.1 Å². The maximum absolute atomic E-state index is 11.2. The van der Waals surface area contributed by atoms with Crippen LogP contribution in [0.2, 0.25) is 0 Å². The highest BCUT2D eigenvalue weighted by Crippen LogP contribution is 2.08. The second kappa shape index (κ2) is 12.2. The van der Waals surface area contributed by atoms with Gasteiger partial charge in [0.25, 0.3) is 0 Å². The number of rotatable bonds is 11. The van der Waals surface area contributed by atoms with E-state index in [1.807, 2.05) is 0 Å². The Labute approximate surface area is 107 Å². The molecule has 0 heterocycles. The Morgan fingerprint density at radius 2 is 1.94 bits per heavy atom. The van der Waals surface area contributed by atoms with Gasteiger partial charge in [-0.15, -0.1) is 0 Å². The summed E-state index contributed by atoms with van der Waals surface area (Å²) in [5.41, 5.74) is 0. The molecule has 1 atom stereocenters. The number of thioether (sulfide) groups is 1. The monoisotopic (exact) mass is 266 g/mol. The van der Waals surface area contributed by atoms with Gasteiger partial charge in [-0.05, 0) is 0 Å². The Balaban J connectivity index is 3.39. The smallest absolute Gasteiger partial charge is 0.306 e. The van der Waals surface area contributed by atoms with Crippen molar-refractivity contribution in [2.45, 2.75) is 12.5 Å². The molecule has 0 saturated heterocycles. The molecular weight excluding hydrogens is 244 g/mol. The van der Waals surface area contributed by atoms with Crippen molar-refractivity contribution in [2.24, 2.45) is 0 Å². The van der Waals surface area contributed by atoms with Crippen LogP contribution >= 0.6 is 11.8 Å². The predicted octanol–water partition coefficient (Wildman–Crippen LogP) is 0.961. The lowest BCUT2D eigenvalue weighted by atomic mass is 10.4. The van der Waals surface area contributed by atoms with Crippen molar-refractivity contribution in [3.8, 4) is 0 Å². The van der Waals surface area contributed by atoms with Gasteiger partial charge in [0.2, 0.25) is 0 Å². The molecule has 1 unspecified atom stereocenters. The summed E-state index contributed by atoms with van der Waals surface area (Å²) < 4.78 is 19.9. The molecule has 6 heteroatoms. The first-order chi connectivity index (χ1) is 8.24. The molecular formula is C11H22O5S. The molecule has 0 aromatic heterocycles. The summed E-state index contributed by atoms with van der Waals surface area (Å²) in [4.78, 5) is 11.2. The molecule has 0 saturated carbocycles. The summed E-state index contributed by atoms with van der Waals surface area (Å²) in [7, 11) is 4.87. The topological polar surface area (TPSA) is 54.0 Å². The Kier molecular flexibility index (Phi) is 12.0. The molecule has 0 bridgehead atoms. The third-order valence-electron chi connectivity index (χ3n) is 1.99. The largest absolute Gasteiger partial charge is 0.463 e. The third-order valence-corrected chi connectivity index (χ3v) is 3.09. The van der Waals surface area contributed by atoms with Gasteiger partial charge in [0, 0.05) is 32.8 Å². The standard InChI is InChI=1S/C11H22O5S/c1-13-5-6-16-11(12)4-7-17-9-10(15-3)8-14-2/h10H,4-9H2,1-3H3. The Bertz CT molecular complexity index is 189. The second-order valence-electron chi connectivity index (χ2n) is 3.35. The Hall–Kier alpha value is -0.300. The molecule has 0 aromatic carbocycles. The van der Waals surface area contributed by atoms with Crippen LogP contribution in [-0.4, -0.2) is 64.7 Å². The van der Waals surface area contributed by atoms with E-state index >= 15 is 0 Å². The van der Waals surface area contributed by atoms with Crippen LogP contribution in [0, 0.1) is 0 Å². The molecule has 0 rings (SSSR count). The lowest BCUT2D eigenvalue weighted by molar-refractivity contribution is -0.144. The van der Waals surface area contributed by atoms with Crippen molar-refractivity contribution in [1.82, 2.24) is 0 Å². The van der Waals surface area contributed by atoms with Gasteiger partial charge in [0.15, 0.2) is 0 Å². The predicted molar refractivity (Wildman–Crippen MR) is 67.5 cm³/mol. The van der Waals surface area contributed by atoms with Gasteiger partial charge in [-0.2, -0.15) is 11.8 Å². The first-order valence-corrected chi connectivity index (χ1v) is 6.64. The van der Waals surface area contributed by atoms with Crippen molar-refractivity contribution in [1.29, 1.82) is 0 Å². The van der Waals surface area contributed by atoms with Gasteiger partial charge in [-0.1, -0.05) is 0 Å². The molecule has 0 aromatic rings. The summed E-state index contributed by atoms with van der Waals surface area (Å²) >= 11 is 1.66.